The number of oxime groups is 1. The number of hydrogen-bond acceptors (Lipinski definition) is 4. The molecule has 3 N–H and O–H groups in total. The third kappa shape index (κ3) is 2.54. The standard InChI is InChI=1S/C10H13N3O2/c1-7-5-3-4-6-8(7)9(13-15-2)10(14)12-11/h3-6H,11H2,1-2H3,(H,12,14)/b13-9-. The minimum Gasteiger partial charge on any atom is -0.398 e. The summed E-state index contributed by atoms with van der Waals surface area (Å²) in [5.74, 6) is 4.57. The molecule has 0 aliphatic carbocycles. The number of aryl methyl sites for hydroxylation is 1. The summed E-state index contributed by atoms with van der Waals surface area (Å²) in [6, 6.07) is 7.35. The molecule has 0 bridgehead atoms. The number of carbonyl (C=O) groups excluding carboxylic acids is 1. The van der Waals surface area contributed by atoms with E-state index < -0.39 is 5.91 Å². The molecule has 0 saturated heterocycles. The van der Waals surface area contributed by atoms with Crippen molar-refractivity contribution in [3.8, 4) is 0 Å². The Bertz CT molecular complexity index is 388. The van der Waals surface area contributed by atoms with Gasteiger partial charge in [0.15, 0.2) is 5.71 Å². The van der Waals surface area contributed by atoms with E-state index in [2.05, 4.69) is 9.99 Å². The van der Waals surface area contributed by atoms with Gasteiger partial charge in [-0.15, -0.1) is 0 Å². The summed E-state index contributed by atoms with van der Waals surface area (Å²) >= 11 is 0. The highest BCUT2D eigenvalue weighted by atomic mass is 16.6. The summed E-state index contributed by atoms with van der Waals surface area (Å²) in [6.45, 7) is 1.88. The molecular formula is C10H13N3O2. The third-order valence-corrected chi connectivity index (χ3v) is 1.93. The van der Waals surface area contributed by atoms with Crippen molar-refractivity contribution >= 4 is 11.6 Å². The molecule has 80 valence electrons. The lowest BCUT2D eigenvalue weighted by molar-refractivity contribution is -0.114. The van der Waals surface area contributed by atoms with Crippen LogP contribution in [0.25, 0.3) is 0 Å². The van der Waals surface area contributed by atoms with E-state index >= 15 is 0 Å². The Morgan fingerprint density at radius 2 is 2.13 bits per heavy atom. The maximum atomic E-state index is 11.4. The van der Waals surface area contributed by atoms with Gasteiger partial charge in [-0.1, -0.05) is 29.4 Å². The van der Waals surface area contributed by atoms with Crippen LogP contribution < -0.4 is 11.3 Å². The smallest absolute Gasteiger partial charge is 0.287 e. The first-order chi connectivity index (χ1) is 7.20. The van der Waals surface area contributed by atoms with E-state index in [9.17, 15) is 4.79 Å². The minimum atomic E-state index is -0.480. The van der Waals surface area contributed by atoms with Crippen LogP contribution >= 0.6 is 0 Å². The number of benzene rings is 1. The zero-order valence-corrected chi connectivity index (χ0v) is 8.65. The zero-order chi connectivity index (χ0) is 11.3. The first kappa shape index (κ1) is 11.2. The van der Waals surface area contributed by atoms with Gasteiger partial charge in [0.25, 0.3) is 5.91 Å². The van der Waals surface area contributed by atoms with Crippen molar-refractivity contribution < 1.29 is 9.63 Å². The number of rotatable bonds is 3. The largest absolute Gasteiger partial charge is 0.398 e. The molecule has 0 atom stereocenters. The molecule has 0 aromatic heterocycles. The van der Waals surface area contributed by atoms with E-state index in [4.69, 9.17) is 5.84 Å². The van der Waals surface area contributed by atoms with Crippen LogP contribution in [-0.4, -0.2) is 18.7 Å². The number of hydrogen-bond donors (Lipinski definition) is 2. The van der Waals surface area contributed by atoms with Gasteiger partial charge in [-0.3, -0.25) is 10.2 Å². The van der Waals surface area contributed by atoms with Crippen LogP contribution in [0.3, 0.4) is 0 Å². The number of nitrogens with one attached hydrogen (secondary N) is 1. The lowest BCUT2D eigenvalue weighted by Gasteiger charge is -2.06. The Morgan fingerprint density at radius 1 is 1.47 bits per heavy atom. The van der Waals surface area contributed by atoms with Crippen molar-refractivity contribution in [1.82, 2.24) is 5.43 Å². The Morgan fingerprint density at radius 3 is 2.67 bits per heavy atom. The number of carbonyl (C=O) groups is 1. The van der Waals surface area contributed by atoms with E-state index in [-0.39, 0.29) is 5.71 Å². The molecule has 0 heterocycles. The predicted octanol–water partition coefficient (Wildman–Crippen LogP) is 0.335. The van der Waals surface area contributed by atoms with Gasteiger partial charge in [0.2, 0.25) is 0 Å². The zero-order valence-electron chi connectivity index (χ0n) is 8.65. The molecule has 15 heavy (non-hydrogen) atoms. The predicted molar refractivity (Wildman–Crippen MR) is 57.1 cm³/mol. The van der Waals surface area contributed by atoms with Gasteiger partial charge in [-0.2, -0.15) is 0 Å². The number of nitrogens with two attached hydrogens (primary N) is 1. The summed E-state index contributed by atoms with van der Waals surface area (Å²) in [6.07, 6.45) is 0. The average Bonchev–Trinajstić information content (AvgIpc) is 2.26. The summed E-state index contributed by atoms with van der Waals surface area (Å²) in [5, 5.41) is 3.65. The lowest BCUT2D eigenvalue weighted by Crippen LogP contribution is -2.37. The molecule has 0 aliphatic heterocycles. The molecule has 5 nitrogen and oxygen atoms in total. The van der Waals surface area contributed by atoms with E-state index in [0.29, 0.717) is 5.56 Å². The topological polar surface area (TPSA) is 76.7 Å². The van der Waals surface area contributed by atoms with Crippen LogP contribution in [0.4, 0.5) is 0 Å². The van der Waals surface area contributed by atoms with Crippen LogP contribution in [0.1, 0.15) is 11.1 Å². The minimum absolute atomic E-state index is 0.165. The molecule has 1 aromatic carbocycles. The van der Waals surface area contributed by atoms with Gasteiger partial charge in [-0.25, -0.2) is 5.84 Å². The first-order valence-corrected chi connectivity index (χ1v) is 4.38. The highest BCUT2D eigenvalue weighted by Gasteiger charge is 2.15. The van der Waals surface area contributed by atoms with Crippen molar-refractivity contribution in [2.75, 3.05) is 7.11 Å². The van der Waals surface area contributed by atoms with E-state index in [0.717, 1.165) is 5.56 Å². The number of hydrazine groups is 1. The van der Waals surface area contributed by atoms with Crippen LogP contribution in [-0.2, 0) is 9.63 Å². The quantitative estimate of drug-likeness (QED) is 0.324. The Hall–Kier alpha value is -1.88. The van der Waals surface area contributed by atoms with E-state index in [1.54, 1.807) is 6.07 Å². The van der Waals surface area contributed by atoms with Crippen LogP contribution in [0.5, 0.6) is 0 Å². The molecule has 0 spiro atoms. The Labute approximate surface area is 87.9 Å². The van der Waals surface area contributed by atoms with Gasteiger partial charge in [0.1, 0.15) is 7.11 Å². The van der Waals surface area contributed by atoms with Gasteiger partial charge in [-0.05, 0) is 12.5 Å². The fraction of sp³-hybridized carbons (Fsp3) is 0.200. The first-order valence-electron chi connectivity index (χ1n) is 4.38. The summed E-state index contributed by atoms with van der Waals surface area (Å²) in [5.41, 5.74) is 3.82. The molecule has 1 rings (SSSR count). The molecule has 0 fully saturated rings. The molecular weight excluding hydrogens is 194 g/mol. The second-order valence-corrected chi connectivity index (χ2v) is 2.91. The lowest BCUT2D eigenvalue weighted by atomic mass is 10.0. The molecule has 1 amide bonds. The molecule has 0 aliphatic rings. The van der Waals surface area contributed by atoms with Gasteiger partial charge in [0, 0.05) is 5.56 Å². The average molecular weight is 207 g/mol. The maximum Gasteiger partial charge on any atom is 0.287 e. The summed E-state index contributed by atoms with van der Waals surface area (Å²) < 4.78 is 0. The van der Waals surface area contributed by atoms with Crippen molar-refractivity contribution in [2.24, 2.45) is 11.0 Å². The van der Waals surface area contributed by atoms with Crippen LogP contribution in [0.15, 0.2) is 29.4 Å². The molecule has 1 aromatic rings. The maximum absolute atomic E-state index is 11.4. The van der Waals surface area contributed by atoms with Crippen LogP contribution in [0, 0.1) is 6.92 Å². The van der Waals surface area contributed by atoms with Crippen molar-refractivity contribution in [3.05, 3.63) is 35.4 Å². The van der Waals surface area contributed by atoms with E-state index in [1.807, 2.05) is 30.5 Å². The van der Waals surface area contributed by atoms with Crippen LogP contribution in [0.2, 0.25) is 0 Å². The monoisotopic (exact) mass is 207 g/mol. The van der Waals surface area contributed by atoms with Gasteiger partial charge < -0.3 is 4.84 Å². The molecule has 0 unspecified atom stereocenters. The normalized spacial score (nSPS) is 11.0. The summed E-state index contributed by atoms with van der Waals surface area (Å²) in [4.78, 5) is 16.0. The van der Waals surface area contributed by atoms with Crippen molar-refractivity contribution in [3.63, 3.8) is 0 Å². The molecule has 5 heteroatoms. The van der Waals surface area contributed by atoms with Gasteiger partial charge in [0.05, 0.1) is 0 Å². The van der Waals surface area contributed by atoms with Crippen molar-refractivity contribution in [2.45, 2.75) is 6.92 Å². The Balaban J connectivity index is 3.17. The third-order valence-electron chi connectivity index (χ3n) is 1.93. The van der Waals surface area contributed by atoms with Gasteiger partial charge >= 0.3 is 0 Å². The fourth-order valence-corrected chi connectivity index (χ4v) is 1.21. The summed E-state index contributed by atoms with van der Waals surface area (Å²) in [7, 11) is 1.38. The fourth-order valence-electron chi connectivity index (χ4n) is 1.21. The van der Waals surface area contributed by atoms with Crippen molar-refractivity contribution in [1.29, 1.82) is 0 Å². The molecule has 0 radical (unpaired) electrons. The second kappa shape index (κ2) is 5.11. The second-order valence-electron chi connectivity index (χ2n) is 2.91. The van der Waals surface area contributed by atoms with E-state index in [1.165, 1.54) is 7.11 Å². The number of nitrogens with zero attached hydrogens (tertiary/aromatic N) is 1. The Kier molecular flexibility index (Phi) is 3.82. The SMILES string of the molecule is CO/N=C(\C(=O)NN)c1ccccc1C. The number of amides is 1. The highest BCUT2D eigenvalue weighted by molar-refractivity contribution is 6.45. The molecule has 0 saturated carbocycles. The highest BCUT2D eigenvalue weighted by Crippen LogP contribution is 2.08.